The lowest BCUT2D eigenvalue weighted by atomic mass is 10.1. The van der Waals surface area contributed by atoms with Crippen LogP contribution in [0.15, 0.2) is 23.2 Å². The van der Waals surface area contributed by atoms with Gasteiger partial charge in [-0.25, -0.2) is 9.59 Å². The SMILES string of the molecule is NC(N)=NCCCC(NC(=O)CN1CC(=O)Oc2ccc(Cl)cc21)C(=O)O. The van der Waals surface area contributed by atoms with Crippen molar-refractivity contribution < 1.29 is 24.2 Å². The van der Waals surface area contributed by atoms with E-state index in [-0.39, 0.29) is 37.8 Å². The van der Waals surface area contributed by atoms with Gasteiger partial charge in [0, 0.05) is 11.6 Å². The number of carboxylic acids is 1. The first-order valence-corrected chi connectivity index (χ1v) is 8.47. The Balaban J connectivity index is 1.99. The topological polar surface area (TPSA) is 160 Å². The summed E-state index contributed by atoms with van der Waals surface area (Å²) in [4.78, 5) is 40.6. The monoisotopic (exact) mass is 397 g/mol. The number of esters is 1. The quantitative estimate of drug-likeness (QED) is 0.153. The number of aliphatic imine (C=N–C) groups is 1. The second kappa shape index (κ2) is 9.08. The smallest absolute Gasteiger partial charge is 0.331 e. The van der Waals surface area contributed by atoms with Crippen LogP contribution in [0.3, 0.4) is 0 Å². The first-order valence-electron chi connectivity index (χ1n) is 8.09. The third-order valence-electron chi connectivity index (χ3n) is 3.72. The molecule has 11 heteroatoms. The van der Waals surface area contributed by atoms with Crippen molar-refractivity contribution in [3.05, 3.63) is 23.2 Å². The molecule has 2 rings (SSSR count). The number of nitrogens with zero attached hydrogens (tertiary/aromatic N) is 2. The third kappa shape index (κ3) is 6.03. The number of nitrogens with one attached hydrogen (secondary N) is 1. The molecule has 1 amide bonds. The summed E-state index contributed by atoms with van der Waals surface area (Å²) in [5.74, 6) is -2.04. The lowest BCUT2D eigenvalue weighted by molar-refractivity contribution is -0.142. The summed E-state index contributed by atoms with van der Waals surface area (Å²) in [6, 6.07) is 3.57. The summed E-state index contributed by atoms with van der Waals surface area (Å²) < 4.78 is 5.10. The standard InChI is InChI=1S/C16H20ClN5O5/c17-9-3-4-12-11(6-9)22(8-14(24)27-12)7-13(23)21-10(15(25)26)2-1-5-20-16(18)19/h3-4,6,10H,1-2,5,7-8H2,(H,21,23)(H,25,26)(H4,18,19,20). The Hall–Kier alpha value is -3.01. The number of aliphatic carboxylic acids is 1. The minimum atomic E-state index is -1.17. The van der Waals surface area contributed by atoms with E-state index in [9.17, 15) is 19.5 Å². The molecule has 1 aromatic carbocycles. The number of halogens is 1. The zero-order chi connectivity index (χ0) is 20.0. The van der Waals surface area contributed by atoms with Crippen LogP contribution < -0.4 is 26.4 Å². The molecule has 0 spiro atoms. The largest absolute Gasteiger partial charge is 0.480 e. The van der Waals surface area contributed by atoms with E-state index in [1.807, 2.05) is 0 Å². The summed E-state index contributed by atoms with van der Waals surface area (Å²) in [7, 11) is 0. The average molecular weight is 398 g/mol. The van der Waals surface area contributed by atoms with E-state index in [2.05, 4.69) is 10.3 Å². The van der Waals surface area contributed by atoms with Crippen LogP contribution in [-0.4, -0.2) is 54.6 Å². The Morgan fingerprint density at radius 3 is 2.81 bits per heavy atom. The minimum Gasteiger partial charge on any atom is -0.480 e. The first-order chi connectivity index (χ1) is 12.8. The van der Waals surface area contributed by atoms with Gasteiger partial charge in [0.15, 0.2) is 11.7 Å². The van der Waals surface area contributed by atoms with Crippen molar-refractivity contribution in [3.63, 3.8) is 0 Å². The van der Waals surface area contributed by atoms with Crippen molar-refractivity contribution in [1.82, 2.24) is 5.32 Å². The second-order valence-corrected chi connectivity index (χ2v) is 6.29. The number of fused-ring (bicyclic) bond motifs is 1. The summed E-state index contributed by atoms with van der Waals surface area (Å²) in [5.41, 5.74) is 10.9. The highest BCUT2D eigenvalue weighted by Crippen LogP contribution is 2.34. The van der Waals surface area contributed by atoms with Gasteiger partial charge in [0.2, 0.25) is 5.91 Å². The number of guanidine groups is 1. The summed E-state index contributed by atoms with van der Waals surface area (Å²) in [6.07, 6.45) is 0.534. The number of benzene rings is 1. The number of hydrogen-bond acceptors (Lipinski definition) is 6. The highest BCUT2D eigenvalue weighted by molar-refractivity contribution is 6.31. The molecule has 0 saturated carbocycles. The molecular formula is C16H20ClN5O5. The number of hydrogen-bond donors (Lipinski definition) is 4. The molecule has 27 heavy (non-hydrogen) atoms. The van der Waals surface area contributed by atoms with E-state index < -0.39 is 23.9 Å². The summed E-state index contributed by atoms with van der Waals surface area (Å²) in [5, 5.41) is 12.1. The number of anilines is 1. The van der Waals surface area contributed by atoms with E-state index in [0.29, 0.717) is 17.1 Å². The fraction of sp³-hybridized carbons (Fsp3) is 0.375. The minimum absolute atomic E-state index is 0.0831. The van der Waals surface area contributed by atoms with Gasteiger partial charge in [0.1, 0.15) is 12.6 Å². The van der Waals surface area contributed by atoms with Crippen LogP contribution in [0, 0.1) is 0 Å². The van der Waals surface area contributed by atoms with Crippen molar-refractivity contribution in [3.8, 4) is 5.75 Å². The Morgan fingerprint density at radius 1 is 1.41 bits per heavy atom. The van der Waals surface area contributed by atoms with Crippen molar-refractivity contribution in [1.29, 1.82) is 0 Å². The maximum absolute atomic E-state index is 12.3. The molecule has 0 aliphatic carbocycles. The van der Waals surface area contributed by atoms with Gasteiger partial charge in [-0.2, -0.15) is 0 Å². The van der Waals surface area contributed by atoms with Crippen LogP contribution in [0.4, 0.5) is 5.69 Å². The van der Waals surface area contributed by atoms with Crippen LogP contribution in [-0.2, 0) is 14.4 Å². The summed E-state index contributed by atoms with van der Waals surface area (Å²) in [6.45, 7) is -0.116. The number of nitrogens with two attached hydrogens (primary N) is 2. The van der Waals surface area contributed by atoms with Gasteiger partial charge < -0.3 is 31.5 Å². The molecule has 10 nitrogen and oxygen atoms in total. The van der Waals surface area contributed by atoms with E-state index in [0.717, 1.165) is 0 Å². The van der Waals surface area contributed by atoms with Gasteiger partial charge in [-0.3, -0.25) is 9.79 Å². The van der Waals surface area contributed by atoms with E-state index in [1.54, 1.807) is 12.1 Å². The molecule has 0 radical (unpaired) electrons. The molecule has 0 fully saturated rings. The van der Waals surface area contributed by atoms with Gasteiger partial charge >= 0.3 is 11.9 Å². The Labute approximate surface area is 160 Å². The molecule has 1 aliphatic rings. The van der Waals surface area contributed by atoms with Crippen LogP contribution in [0.5, 0.6) is 5.75 Å². The van der Waals surface area contributed by atoms with Crippen LogP contribution in [0.25, 0.3) is 0 Å². The van der Waals surface area contributed by atoms with Gasteiger partial charge in [0.05, 0.1) is 12.2 Å². The highest BCUT2D eigenvalue weighted by atomic mass is 35.5. The van der Waals surface area contributed by atoms with E-state index in [1.165, 1.54) is 11.0 Å². The molecule has 1 aliphatic heterocycles. The second-order valence-electron chi connectivity index (χ2n) is 5.85. The van der Waals surface area contributed by atoms with E-state index >= 15 is 0 Å². The number of ether oxygens (including phenoxy) is 1. The van der Waals surface area contributed by atoms with Crippen molar-refractivity contribution in [2.45, 2.75) is 18.9 Å². The Kier molecular flexibility index (Phi) is 6.83. The predicted octanol–water partition coefficient (Wildman–Crippen LogP) is -0.312. The van der Waals surface area contributed by atoms with Crippen molar-refractivity contribution in [2.75, 3.05) is 24.5 Å². The molecule has 6 N–H and O–H groups in total. The average Bonchev–Trinajstić information content (AvgIpc) is 2.57. The third-order valence-corrected chi connectivity index (χ3v) is 3.95. The lowest BCUT2D eigenvalue weighted by Gasteiger charge is -2.29. The van der Waals surface area contributed by atoms with Crippen molar-refractivity contribution >= 4 is 41.1 Å². The van der Waals surface area contributed by atoms with Gasteiger partial charge in [-0.15, -0.1) is 0 Å². The molecule has 146 valence electrons. The molecule has 0 aromatic heterocycles. The summed E-state index contributed by atoms with van der Waals surface area (Å²) >= 11 is 5.96. The number of carboxylic acid groups (broad SMARTS) is 1. The van der Waals surface area contributed by atoms with E-state index in [4.69, 9.17) is 27.8 Å². The van der Waals surface area contributed by atoms with Crippen LogP contribution >= 0.6 is 11.6 Å². The maximum Gasteiger partial charge on any atom is 0.331 e. The normalized spacial score (nSPS) is 14.0. The van der Waals surface area contributed by atoms with Gasteiger partial charge in [0.25, 0.3) is 0 Å². The van der Waals surface area contributed by atoms with Crippen molar-refractivity contribution in [2.24, 2.45) is 16.5 Å². The fourth-order valence-corrected chi connectivity index (χ4v) is 2.70. The van der Waals surface area contributed by atoms with Gasteiger partial charge in [-0.05, 0) is 31.0 Å². The molecule has 1 unspecified atom stereocenters. The molecule has 1 heterocycles. The Bertz CT molecular complexity index is 766. The molecule has 0 bridgehead atoms. The number of rotatable bonds is 8. The van der Waals surface area contributed by atoms with Crippen LogP contribution in [0.2, 0.25) is 5.02 Å². The molecule has 0 saturated heterocycles. The van der Waals surface area contributed by atoms with Crippen LogP contribution in [0.1, 0.15) is 12.8 Å². The zero-order valence-corrected chi connectivity index (χ0v) is 15.1. The fourth-order valence-electron chi connectivity index (χ4n) is 2.54. The number of carbonyl (C=O) groups is 3. The Morgan fingerprint density at radius 2 is 2.15 bits per heavy atom. The molecular weight excluding hydrogens is 378 g/mol. The zero-order valence-electron chi connectivity index (χ0n) is 14.4. The lowest BCUT2D eigenvalue weighted by Crippen LogP contribution is -2.48. The molecule has 1 aromatic rings. The number of carbonyl (C=O) groups excluding carboxylic acids is 2. The molecule has 1 atom stereocenters. The predicted molar refractivity (Wildman–Crippen MR) is 98.8 cm³/mol. The highest BCUT2D eigenvalue weighted by Gasteiger charge is 2.27. The maximum atomic E-state index is 12.3. The first kappa shape index (κ1) is 20.3. The van der Waals surface area contributed by atoms with Gasteiger partial charge in [-0.1, -0.05) is 11.6 Å². The number of amides is 1.